The summed E-state index contributed by atoms with van der Waals surface area (Å²) in [6.45, 7) is 7.87. The van der Waals surface area contributed by atoms with Crippen molar-refractivity contribution in [2.45, 2.75) is 39.3 Å². The van der Waals surface area contributed by atoms with Gasteiger partial charge in [-0.25, -0.2) is 9.98 Å². The standard InChI is InChI=1S/C19H28N4O3/c1-4-10-26-17-9-8-15(12-21-17)13-22-18(20-5-2)23-14-19(3,24)16-7-6-11-25-16/h6-9,11-12,24H,4-5,10,13-14H2,1-3H3,(H2,20,22,23). The van der Waals surface area contributed by atoms with Crippen LogP contribution in [0, 0.1) is 0 Å². The predicted octanol–water partition coefficient (Wildman–Crippen LogP) is 2.43. The smallest absolute Gasteiger partial charge is 0.213 e. The minimum absolute atomic E-state index is 0.272. The minimum Gasteiger partial charge on any atom is -0.478 e. The molecular weight excluding hydrogens is 332 g/mol. The molecule has 142 valence electrons. The first-order valence-corrected chi connectivity index (χ1v) is 8.91. The summed E-state index contributed by atoms with van der Waals surface area (Å²) >= 11 is 0. The van der Waals surface area contributed by atoms with Crippen molar-refractivity contribution in [2.75, 3.05) is 19.7 Å². The molecule has 1 atom stereocenters. The van der Waals surface area contributed by atoms with E-state index < -0.39 is 5.60 Å². The number of guanidine groups is 1. The third-order valence-corrected chi connectivity index (χ3v) is 3.67. The van der Waals surface area contributed by atoms with Gasteiger partial charge in [0, 0.05) is 18.8 Å². The van der Waals surface area contributed by atoms with Crippen molar-refractivity contribution in [3.63, 3.8) is 0 Å². The van der Waals surface area contributed by atoms with E-state index in [2.05, 4.69) is 27.5 Å². The molecule has 3 N–H and O–H groups in total. The van der Waals surface area contributed by atoms with E-state index in [1.807, 2.05) is 19.1 Å². The highest BCUT2D eigenvalue weighted by atomic mass is 16.5. The average Bonchev–Trinajstić information content (AvgIpc) is 3.19. The lowest BCUT2D eigenvalue weighted by Crippen LogP contribution is -2.44. The number of aromatic nitrogens is 1. The maximum Gasteiger partial charge on any atom is 0.213 e. The number of nitrogens with one attached hydrogen (secondary N) is 2. The third kappa shape index (κ3) is 6.07. The molecule has 0 saturated heterocycles. The van der Waals surface area contributed by atoms with E-state index in [9.17, 15) is 5.11 Å². The summed E-state index contributed by atoms with van der Waals surface area (Å²) in [5, 5.41) is 16.8. The van der Waals surface area contributed by atoms with E-state index in [-0.39, 0.29) is 6.54 Å². The molecule has 2 heterocycles. The highest BCUT2D eigenvalue weighted by molar-refractivity contribution is 5.79. The molecule has 0 aliphatic rings. The highest BCUT2D eigenvalue weighted by Gasteiger charge is 2.26. The van der Waals surface area contributed by atoms with Gasteiger partial charge in [0.1, 0.15) is 11.4 Å². The van der Waals surface area contributed by atoms with Crippen LogP contribution in [0.5, 0.6) is 5.88 Å². The maximum atomic E-state index is 10.5. The van der Waals surface area contributed by atoms with E-state index in [0.29, 0.717) is 30.8 Å². The Morgan fingerprint density at radius 3 is 2.77 bits per heavy atom. The van der Waals surface area contributed by atoms with Gasteiger partial charge in [0.15, 0.2) is 5.96 Å². The molecule has 0 fully saturated rings. The molecule has 7 nitrogen and oxygen atoms in total. The Balaban J connectivity index is 1.93. The molecule has 1 unspecified atom stereocenters. The molecule has 0 aromatic carbocycles. The van der Waals surface area contributed by atoms with Crippen LogP contribution in [0.1, 0.15) is 38.5 Å². The number of nitrogens with zero attached hydrogens (tertiary/aromatic N) is 2. The Morgan fingerprint density at radius 2 is 2.15 bits per heavy atom. The first-order chi connectivity index (χ1) is 12.5. The van der Waals surface area contributed by atoms with Crippen LogP contribution in [0.4, 0.5) is 0 Å². The molecule has 0 aliphatic heterocycles. The topological polar surface area (TPSA) is 91.9 Å². The molecule has 0 saturated carbocycles. The summed E-state index contributed by atoms with van der Waals surface area (Å²) < 4.78 is 10.8. The van der Waals surface area contributed by atoms with Crippen molar-refractivity contribution in [3.05, 3.63) is 48.0 Å². The van der Waals surface area contributed by atoms with Crippen molar-refractivity contribution >= 4 is 5.96 Å². The zero-order valence-electron chi connectivity index (χ0n) is 15.7. The molecular formula is C19H28N4O3. The van der Waals surface area contributed by atoms with Gasteiger partial charge >= 0.3 is 0 Å². The first-order valence-electron chi connectivity index (χ1n) is 8.91. The van der Waals surface area contributed by atoms with Crippen LogP contribution in [-0.4, -0.2) is 35.7 Å². The van der Waals surface area contributed by atoms with Gasteiger partial charge in [-0.05, 0) is 38.0 Å². The van der Waals surface area contributed by atoms with Gasteiger partial charge < -0.3 is 24.9 Å². The molecule has 0 spiro atoms. The average molecular weight is 360 g/mol. The lowest BCUT2D eigenvalue weighted by molar-refractivity contribution is 0.0386. The van der Waals surface area contributed by atoms with Gasteiger partial charge in [-0.15, -0.1) is 0 Å². The van der Waals surface area contributed by atoms with Gasteiger partial charge in [0.05, 0.1) is 26.0 Å². The summed E-state index contributed by atoms with van der Waals surface area (Å²) in [5.74, 6) is 1.75. The Kier molecular flexibility index (Phi) is 7.47. The van der Waals surface area contributed by atoms with Crippen molar-refractivity contribution in [2.24, 2.45) is 4.99 Å². The Hall–Kier alpha value is -2.54. The SMILES string of the molecule is CCCOc1ccc(CN=C(NCC)NCC(C)(O)c2ccco2)cn1. The molecule has 0 amide bonds. The van der Waals surface area contributed by atoms with Gasteiger partial charge in [-0.3, -0.25) is 0 Å². The fraction of sp³-hybridized carbons (Fsp3) is 0.474. The van der Waals surface area contributed by atoms with Crippen LogP contribution in [0.15, 0.2) is 46.1 Å². The van der Waals surface area contributed by atoms with Crippen LogP contribution >= 0.6 is 0 Å². The summed E-state index contributed by atoms with van der Waals surface area (Å²) in [7, 11) is 0. The monoisotopic (exact) mass is 360 g/mol. The summed E-state index contributed by atoms with van der Waals surface area (Å²) in [4.78, 5) is 8.81. The molecule has 7 heteroatoms. The van der Waals surface area contributed by atoms with Crippen LogP contribution in [-0.2, 0) is 12.1 Å². The molecule has 26 heavy (non-hydrogen) atoms. The second-order valence-corrected chi connectivity index (χ2v) is 6.15. The third-order valence-electron chi connectivity index (χ3n) is 3.67. The molecule has 2 aromatic rings. The summed E-state index contributed by atoms with van der Waals surface area (Å²) in [6, 6.07) is 7.30. The van der Waals surface area contributed by atoms with Crippen molar-refractivity contribution < 1.29 is 14.3 Å². The number of pyridine rings is 1. The lowest BCUT2D eigenvalue weighted by atomic mass is 10.0. The van der Waals surface area contributed by atoms with E-state index >= 15 is 0 Å². The van der Waals surface area contributed by atoms with Crippen molar-refractivity contribution in [1.29, 1.82) is 0 Å². The Bertz CT molecular complexity index is 667. The number of hydrogen-bond donors (Lipinski definition) is 3. The molecule has 2 rings (SSSR count). The van der Waals surface area contributed by atoms with Crippen LogP contribution in [0.2, 0.25) is 0 Å². The van der Waals surface area contributed by atoms with Crippen molar-refractivity contribution in [3.8, 4) is 5.88 Å². The second kappa shape index (κ2) is 9.82. The molecule has 0 radical (unpaired) electrons. The molecule has 0 bridgehead atoms. The minimum atomic E-state index is -1.13. The van der Waals surface area contributed by atoms with E-state index in [4.69, 9.17) is 9.15 Å². The van der Waals surface area contributed by atoms with Crippen molar-refractivity contribution in [1.82, 2.24) is 15.6 Å². The zero-order valence-corrected chi connectivity index (χ0v) is 15.7. The van der Waals surface area contributed by atoms with E-state index in [1.54, 1.807) is 31.5 Å². The van der Waals surface area contributed by atoms with Crippen LogP contribution in [0.3, 0.4) is 0 Å². The fourth-order valence-corrected chi connectivity index (χ4v) is 2.24. The van der Waals surface area contributed by atoms with Crippen LogP contribution < -0.4 is 15.4 Å². The molecule has 2 aromatic heterocycles. The number of aliphatic hydroxyl groups is 1. The maximum absolute atomic E-state index is 10.5. The summed E-state index contributed by atoms with van der Waals surface area (Å²) in [5.41, 5.74) is -0.150. The zero-order chi connectivity index (χ0) is 18.8. The number of rotatable bonds is 9. The number of aliphatic imine (C=N–C) groups is 1. The summed E-state index contributed by atoms with van der Waals surface area (Å²) in [6.07, 6.45) is 4.26. The quantitative estimate of drug-likeness (QED) is 0.470. The van der Waals surface area contributed by atoms with Crippen LogP contribution in [0.25, 0.3) is 0 Å². The molecule has 0 aliphatic carbocycles. The second-order valence-electron chi connectivity index (χ2n) is 6.15. The number of ether oxygens (including phenoxy) is 1. The predicted molar refractivity (Wildman–Crippen MR) is 101 cm³/mol. The highest BCUT2D eigenvalue weighted by Crippen LogP contribution is 2.19. The van der Waals surface area contributed by atoms with Gasteiger partial charge in [0.25, 0.3) is 0 Å². The van der Waals surface area contributed by atoms with Gasteiger partial charge in [-0.2, -0.15) is 0 Å². The lowest BCUT2D eigenvalue weighted by Gasteiger charge is -2.22. The first kappa shape index (κ1) is 19.8. The van der Waals surface area contributed by atoms with E-state index in [1.165, 1.54) is 0 Å². The van der Waals surface area contributed by atoms with Gasteiger partial charge in [-0.1, -0.05) is 13.0 Å². The number of furan rings is 1. The largest absolute Gasteiger partial charge is 0.478 e. The normalized spacial score (nSPS) is 13.9. The Morgan fingerprint density at radius 1 is 1.31 bits per heavy atom. The van der Waals surface area contributed by atoms with Gasteiger partial charge in [0.2, 0.25) is 5.88 Å². The fourth-order valence-electron chi connectivity index (χ4n) is 2.24. The number of hydrogen-bond acceptors (Lipinski definition) is 5. The van der Waals surface area contributed by atoms with E-state index in [0.717, 1.165) is 18.5 Å². The Labute approximate surface area is 154 Å².